The van der Waals surface area contributed by atoms with Crippen molar-refractivity contribution in [1.29, 1.82) is 0 Å². The average Bonchev–Trinajstić information content (AvgIpc) is 2.62. The second kappa shape index (κ2) is 3.64. The number of halogens is 2. The van der Waals surface area contributed by atoms with E-state index in [2.05, 4.69) is 10.1 Å². The Morgan fingerprint density at radius 1 is 1.38 bits per heavy atom. The van der Waals surface area contributed by atoms with E-state index >= 15 is 0 Å². The first-order valence-electron chi connectivity index (χ1n) is 4.44. The molecule has 0 saturated carbocycles. The molecule has 0 N–H and O–H groups in total. The summed E-state index contributed by atoms with van der Waals surface area (Å²) < 4.78 is -0.0516. The molecule has 2 bridgehead atoms. The van der Waals surface area contributed by atoms with Crippen LogP contribution in [0.2, 0.25) is 0 Å². The van der Waals surface area contributed by atoms with Crippen molar-refractivity contribution >= 4 is 27.8 Å². The molecule has 2 rings (SSSR count). The smallest absolute Gasteiger partial charge is 0.235 e. The summed E-state index contributed by atoms with van der Waals surface area (Å²) in [4.78, 5) is 7.55. The van der Waals surface area contributed by atoms with Gasteiger partial charge in [-0.15, -0.1) is 0 Å². The first-order chi connectivity index (χ1) is 6.20. The van der Waals surface area contributed by atoms with E-state index in [0.29, 0.717) is 12.0 Å². The fourth-order valence-corrected chi connectivity index (χ4v) is 2.32. The van der Waals surface area contributed by atoms with Gasteiger partial charge in [-0.05, 0) is 49.1 Å². The third-order valence-electron chi connectivity index (χ3n) is 2.98. The highest BCUT2D eigenvalue weighted by Crippen LogP contribution is 2.40. The van der Waals surface area contributed by atoms with E-state index in [1.165, 1.54) is 25.9 Å². The lowest BCUT2D eigenvalue weighted by Crippen LogP contribution is -2.24. The molecule has 74 valence electrons. The maximum atomic E-state index is 5.34. The Bertz CT molecular complexity index is 220. The lowest BCUT2D eigenvalue weighted by molar-refractivity contribution is 0.0625. The zero-order valence-electron chi connectivity index (χ0n) is 7.30. The fourth-order valence-electron chi connectivity index (χ4n) is 2.23. The maximum Gasteiger partial charge on any atom is 0.235 e. The summed E-state index contributed by atoms with van der Waals surface area (Å²) in [6, 6.07) is 0. The van der Waals surface area contributed by atoms with Crippen LogP contribution >= 0.6 is 23.2 Å². The van der Waals surface area contributed by atoms with Gasteiger partial charge in [0.1, 0.15) is 6.61 Å². The summed E-state index contributed by atoms with van der Waals surface area (Å²) >= 11 is 10.7. The quantitative estimate of drug-likeness (QED) is 0.538. The van der Waals surface area contributed by atoms with Crippen LogP contribution in [0.25, 0.3) is 0 Å². The maximum absolute atomic E-state index is 5.34. The number of oxime groups is 1. The van der Waals surface area contributed by atoms with Crippen LogP contribution in [-0.2, 0) is 4.84 Å². The first-order valence-corrected chi connectivity index (χ1v) is 5.19. The van der Waals surface area contributed by atoms with Crippen LogP contribution in [0.4, 0.5) is 0 Å². The standard InChI is InChI=1S/C8H12Cl2N2O/c9-7(10)11-13-6-8-1-3-12(5-8)4-2-8/h1-6H2. The normalized spacial score (nSPS) is 36.3. The van der Waals surface area contributed by atoms with Crippen LogP contribution in [0.15, 0.2) is 5.16 Å². The van der Waals surface area contributed by atoms with Gasteiger partial charge in [0.25, 0.3) is 0 Å². The Morgan fingerprint density at radius 2 is 2.08 bits per heavy atom. The van der Waals surface area contributed by atoms with Gasteiger partial charge in [0.05, 0.1) is 0 Å². The average molecular weight is 223 g/mol. The van der Waals surface area contributed by atoms with Crippen LogP contribution < -0.4 is 0 Å². The van der Waals surface area contributed by atoms with Crippen molar-refractivity contribution in [2.75, 3.05) is 26.2 Å². The Balaban J connectivity index is 1.84. The molecular weight excluding hydrogens is 211 g/mol. The van der Waals surface area contributed by atoms with Gasteiger partial charge in [0.15, 0.2) is 0 Å². The van der Waals surface area contributed by atoms with Gasteiger partial charge in [-0.25, -0.2) is 0 Å². The second-order valence-corrected chi connectivity index (χ2v) is 4.79. The molecule has 3 nitrogen and oxygen atoms in total. The number of hydrogen-bond acceptors (Lipinski definition) is 3. The molecule has 0 aliphatic carbocycles. The van der Waals surface area contributed by atoms with Crippen molar-refractivity contribution in [3.8, 4) is 0 Å². The van der Waals surface area contributed by atoms with E-state index in [-0.39, 0.29) is 4.63 Å². The van der Waals surface area contributed by atoms with E-state index in [1.54, 1.807) is 0 Å². The van der Waals surface area contributed by atoms with Gasteiger partial charge in [-0.3, -0.25) is 0 Å². The van der Waals surface area contributed by atoms with Crippen molar-refractivity contribution in [2.24, 2.45) is 10.6 Å². The molecule has 0 radical (unpaired) electrons. The number of hydrogen-bond donors (Lipinski definition) is 0. The Morgan fingerprint density at radius 3 is 2.54 bits per heavy atom. The molecule has 0 aromatic carbocycles. The molecule has 5 heteroatoms. The lowest BCUT2D eigenvalue weighted by Gasteiger charge is -2.22. The highest BCUT2D eigenvalue weighted by molar-refractivity contribution is 6.95. The molecule has 2 aliphatic heterocycles. The van der Waals surface area contributed by atoms with Gasteiger partial charge in [-0.2, -0.15) is 0 Å². The number of piperidine rings is 1. The SMILES string of the molecule is ClC(Cl)=NOCC12CCN(CC1)C2. The summed E-state index contributed by atoms with van der Waals surface area (Å²) in [5.74, 6) is 0. The monoisotopic (exact) mass is 222 g/mol. The van der Waals surface area contributed by atoms with Gasteiger partial charge in [0.2, 0.25) is 4.63 Å². The minimum Gasteiger partial charge on any atom is -0.393 e. The predicted octanol–water partition coefficient (Wildman–Crippen LogP) is 1.85. The number of rotatable bonds is 3. The highest BCUT2D eigenvalue weighted by atomic mass is 35.5. The minimum atomic E-state index is -0.0516. The molecule has 2 saturated heterocycles. The predicted molar refractivity (Wildman–Crippen MR) is 53.2 cm³/mol. The second-order valence-electron chi connectivity index (χ2n) is 3.88. The van der Waals surface area contributed by atoms with Gasteiger partial charge >= 0.3 is 0 Å². The molecule has 0 amide bonds. The first kappa shape index (κ1) is 9.56. The van der Waals surface area contributed by atoms with Gasteiger partial charge < -0.3 is 9.74 Å². The van der Waals surface area contributed by atoms with Crippen molar-refractivity contribution in [1.82, 2.24) is 4.90 Å². The van der Waals surface area contributed by atoms with E-state index in [1.807, 2.05) is 0 Å². The molecule has 0 atom stereocenters. The van der Waals surface area contributed by atoms with Gasteiger partial charge in [-0.1, -0.05) is 5.16 Å². The van der Waals surface area contributed by atoms with Gasteiger partial charge in [0, 0.05) is 12.0 Å². The molecule has 13 heavy (non-hydrogen) atoms. The van der Waals surface area contributed by atoms with Crippen LogP contribution in [-0.4, -0.2) is 35.8 Å². The molecule has 2 fully saturated rings. The summed E-state index contributed by atoms with van der Waals surface area (Å²) in [5.41, 5.74) is 0.326. The number of fused-ring (bicyclic) bond motifs is 2. The Kier molecular flexibility index (Phi) is 2.67. The molecule has 0 aromatic rings. The third kappa shape index (κ3) is 2.09. The Hall–Kier alpha value is 0.01000. The summed E-state index contributed by atoms with van der Waals surface area (Å²) in [7, 11) is 0. The zero-order chi connectivity index (χ0) is 9.31. The van der Waals surface area contributed by atoms with E-state index < -0.39 is 0 Å². The Labute approximate surface area is 87.6 Å². The molecule has 2 aliphatic rings. The largest absolute Gasteiger partial charge is 0.393 e. The minimum absolute atomic E-state index is 0.0516. The summed E-state index contributed by atoms with van der Waals surface area (Å²) in [5, 5.41) is 3.53. The van der Waals surface area contributed by atoms with Crippen LogP contribution in [0.5, 0.6) is 0 Å². The zero-order valence-corrected chi connectivity index (χ0v) is 8.81. The van der Waals surface area contributed by atoms with E-state index in [4.69, 9.17) is 28.0 Å². The van der Waals surface area contributed by atoms with E-state index in [9.17, 15) is 0 Å². The van der Waals surface area contributed by atoms with Crippen LogP contribution in [0, 0.1) is 5.41 Å². The molecule has 2 heterocycles. The number of nitrogens with zero attached hydrogens (tertiary/aromatic N) is 2. The molecule has 0 aromatic heterocycles. The molecule has 0 spiro atoms. The summed E-state index contributed by atoms with van der Waals surface area (Å²) in [6.07, 6.45) is 2.42. The van der Waals surface area contributed by atoms with Crippen molar-refractivity contribution in [3.63, 3.8) is 0 Å². The summed E-state index contributed by atoms with van der Waals surface area (Å²) in [6.45, 7) is 4.18. The molecule has 0 unspecified atom stereocenters. The van der Waals surface area contributed by atoms with E-state index in [0.717, 1.165) is 6.54 Å². The third-order valence-corrected chi connectivity index (χ3v) is 3.12. The van der Waals surface area contributed by atoms with Crippen molar-refractivity contribution in [3.05, 3.63) is 0 Å². The molecular formula is C8H12Cl2N2O. The van der Waals surface area contributed by atoms with Crippen LogP contribution in [0.3, 0.4) is 0 Å². The highest BCUT2D eigenvalue weighted by Gasteiger charge is 2.44. The fraction of sp³-hybridized carbons (Fsp3) is 0.875. The van der Waals surface area contributed by atoms with Crippen molar-refractivity contribution in [2.45, 2.75) is 12.8 Å². The van der Waals surface area contributed by atoms with Crippen LogP contribution in [0.1, 0.15) is 12.8 Å². The van der Waals surface area contributed by atoms with Crippen molar-refractivity contribution < 1.29 is 4.84 Å². The lowest BCUT2D eigenvalue weighted by atomic mass is 9.86. The topological polar surface area (TPSA) is 24.8 Å².